The zero-order chi connectivity index (χ0) is 11.8. The Morgan fingerprint density at radius 2 is 1.88 bits per heavy atom. The zero-order valence-corrected chi connectivity index (χ0v) is 10.1. The fourth-order valence-corrected chi connectivity index (χ4v) is 2.34. The molecule has 0 radical (unpaired) electrons. The Bertz CT molecular complexity index is 686. The van der Waals surface area contributed by atoms with E-state index < -0.39 is 0 Å². The highest BCUT2D eigenvalue weighted by Gasteiger charge is 2.10. The maximum Gasteiger partial charge on any atom is 0.140 e. The van der Waals surface area contributed by atoms with Crippen molar-refractivity contribution in [1.82, 2.24) is 9.55 Å². The van der Waals surface area contributed by atoms with Gasteiger partial charge in [0.1, 0.15) is 5.65 Å². The van der Waals surface area contributed by atoms with Gasteiger partial charge in [0.05, 0.1) is 0 Å². The van der Waals surface area contributed by atoms with Gasteiger partial charge in [-0.25, -0.2) is 4.98 Å². The van der Waals surface area contributed by atoms with Gasteiger partial charge in [-0.3, -0.25) is 0 Å². The summed E-state index contributed by atoms with van der Waals surface area (Å²) in [6.45, 7) is 0. The number of aromatic nitrogens is 2. The molecule has 0 fully saturated rings. The van der Waals surface area contributed by atoms with E-state index in [1.54, 1.807) is 6.20 Å². The molecule has 0 N–H and O–H groups in total. The average Bonchev–Trinajstić information content (AvgIpc) is 2.68. The van der Waals surface area contributed by atoms with Crippen molar-refractivity contribution in [3.63, 3.8) is 0 Å². The van der Waals surface area contributed by atoms with Gasteiger partial charge in [-0.05, 0) is 18.2 Å². The van der Waals surface area contributed by atoms with Crippen molar-refractivity contribution in [2.75, 3.05) is 0 Å². The molecule has 0 bridgehead atoms. The average molecular weight is 243 g/mol. The molecular formula is C14H11ClN2. The number of hydrogen-bond acceptors (Lipinski definition) is 1. The normalized spacial score (nSPS) is 10.9. The number of halogens is 1. The molecule has 3 heteroatoms. The second-order valence-electron chi connectivity index (χ2n) is 4.01. The molecule has 0 saturated carbocycles. The lowest BCUT2D eigenvalue weighted by Crippen LogP contribution is -1.85. The van der Waals surface area contributed by atoms with Crippen LogP contribution in [0.5, 0.6) is 0 Å². The summed E-state index contributed by atoms with van der Waals surface area (Å²) >= 11 is 6.24. The van der Waals surface area contributed by atoms with Crippen LogP contribution in [0.25, 0.3) is 22.2 Å². The van der Waals surface area contributed by atoms with Gasteiger partial charge in [-0.15, -0.1) is 0 Å². The molecule has 0 amide bonds. The van der Waals surface area contributed by atoms with Gasteiger partial charge >= 0.3 is 0 Å². The summed E-state index contributed by atoms with van der Waals surface area (Å²) in [4.78, 5) is 4.38. The molecule has 1 aromatic carbocycles. The number of rotatable bonds is 1. The first-order chi connectivity index (χ1) is 8.27. The summed E-state index contributed by atoms with van der Waals surface area (Å²) in [5.41, 5.74) is 3.15. The van der Waals surface area contributed by atoms with Crippen LogP contribution >= 0.6 is 11.6 Å². The first-order valence-electron chi connectivity index (χ1n) is 5.42. The Morgan fingerprint density at radius 1 is 1.06 bits per heavy atom. The van der Waals surface area contributed by atoms with Gasteiger partial charge in [0, 0.05) is 41.0 Å². The second kappa shape index (κ2) is 3.90. The Hall–Kier alpha value is -1.80. The Kier molecular flexibility index (Phi) is 2.37. The molecule has 2 aromatic heterocycles. The van der Waals surface area contributed by atoms with Crippen molar-refractivity contribution in [1.29, 1.82) is 0 Å². The van der Waals surface area contributed by atoms with Crippen molar-refractivity contribution in [3.8, 4) is 11.1 Å². The lowest BCUT2D eigenvalue weighted by molar-refractivity contribution is 0.949. The first kappa shape index (κ1) is 10.4. The molecule has 0 aliphatic heterocycles. The largest absolute Gasteiger partial charge is 0.335 e. The molecule has 17 heavy (non-hydrogen) atoms. The second-order valence-corrected chi connectivity index (χ2v) is 4.42. The summed E-state index contributed by atoms with van der Waals surface area (Å²) in [5.74, 6) is 0. The monoisotopic (exact) mass is 242 g/mol. The third-order valence-corrected chi connectivity index (χ3v) is 3.23. The highest BCUT2D eigenvalue weighted by molar-refractivity contribution is 6.33. The first-order valence-corrected chi connectivity index (χ1v) is 5.80. The third kappa shape index (κ3) is 1.61. The molecule has 0 aliphatic rings. The maximum atomic E-state index is 6.24. The van der Waals surface area contributed by atoms with Crippen molar-refractivity contribution >= 4 is 22.6 Å². The van der Waals surface area contributed by atoms with Gasteiger partial charge in [0.2, 0.25) is 0 Å². The molecule has 0 spiro atoms. The number of hydrogen-bond donors (Lipinski definition) is 0. The lowest BCUT2D eigenvalue weighted by atomic mass is 10.1. The number of aryl methyl sites for hydroxylation is 1. The molecule has 3 aromatic rings. The zero-order valence-electron chi connectivity index (χ0n) is 9.39. The number of nitrogens with zero attached hydrogens (tertiary/aromatic N) is 2. The molecule has 3 rings (SSSR count). The van der Waals surface area contributed by atoms with Gasteiger partial charge in [0.15, 0.2) is 0 Å². The summed E-state index contributed by atoms with van der Waals surface area (Å²) in [5, 5.41) is 1.90. The van der Waals surface area contributed by atoms with E-state index >= 15 is 0 Å². The third-order valence-electron chi connectivity index (χ3n) is 2.90. The fourth-order valence-electron chi connectivity index (χ4n) is 2.11. The Labute approximate surface area is 104 Å². The summed E-state index contributed by atoms with van der Waals surface area (Å²) in [6, 6.07) is 11.9. The summed E-state index contributed by atoms with van der Waals surface area (Å²) < 4.78 is 2.02. The Morgan fingerprint density at radius 3 is 2.71 bits per heavy atom. The van der Waals surface area contributed by atoms with E-state index in [2.05, 4.69) is 17.2 Å². The molecule has 84 valence electrons. The number of fused-ring (bicyclic) bond motifs is 1. The summed E-state index contributed by atoms with van der Waals surface area (Å²) in [6.07, 6.45) is 3.87. The van der Waals surface area contributed by atoms with Crippen molar-refractivity contribution in [3.05, 3.63) is 53.8 Å². The van der Waals surface area contributed by atoms with E-state index in [0.717, 1.165) is 27.2 Å². The van der Waals surface area contributed by atoms with Crippen molar-refractivity contribution < 1.29 is 0 Å². The van der Waals surface area contributed by atoms with Gasteiger partial charge in [-0.2, -0.15) is 0 Å². The number of pyridine rings is 1. The highest BCUT2D eigenvalue weighted by Crippen LogP contribution is 2.33. The predicted molar refractivity (Wildman–Crippen MR) is 71.2 cm³/mol. The minimum absolute atomic E-state index is 0.767. The lowest BCUT2D eigenvalue weighted by Gasteiger charge is -2.01. The standard InChI is InChI=1S/C14H11ClN2/c1-17-9-12(10-5-2-3-7-13(10)15)11-6-4-8-16-14(11)17/h2-9H,1H3. The molecule has 0 unspecified atom stereocenters. The molecule has 0 atom stereocenters. The van der Waals surface area contributed by atoms with Crippen LogP contribution in [0.3, 0.4) is 0 Å². The van der Waals surface area contributed by atoms with E-state index in [1.165, 1.54) is 0 Å². The van der Waals surface area contributed by atoms with E-state index in [0.29, 0.717) is 0 Å². The van der Waals surface area contributed by atoms with E-state index in [4.69, 9.17) is 11.6 Å². The molecule has 2 nitrogen and oxygen atoms in total. The fraction of sp³-hybridized carbons (Fsp3) is 0.0714. The van der Waals surface area contributed by atoms with E-state index in [9.17, 15) is 0 Å². The van der Waals surface area contributed by atoms with Crippen LogP contribution in [-0.4, -0.2) is 9.55 Å². The molecule has 0 saturated heterocycles. The minimum atomic E-state index is 0.767. The van der Waals surface area contributed by atoms with Crippen LogP contribution in [0, 0.1) is 0 Å². The number of benzene rings is 1. The van der Waals surface area contributed by atoms with Crippen LogP contribution in [0.1, 0.15) is 0 Å². The SMILES string of the molecule is Cn1cc(-c2ccccc2Cl)c2cccnc21. The smallest absolute Gasteiger partial charge is 0.140 e. The molecular weight excluding hydrogens is 232 g/mol. The minimum Gasteiger partial charge on any atom is -0.335 e. The van der Waals surface area contributed by atoms with Crippen LogP contribution in [0.4, 0.5) is 0 Å². The maximum absolute atomic E-state index is 6.24. The Balaban J connectivity index is 2.35. The van der Waals surface area contributed by atoms with Crippen LogP contribution < -0.4 is 0 Å². The van der Waals surface area contributed by atoms with Crippen molar-refractivity contribution in [2.24, 2.45) is 7.05 Å². The van der Waals surface area contributed by atoms with Crippen LogP contribution in [0.2, 0.25) is 5.02 Å². The molecule has 2 heterocycles. The van der Waals surface area contributed by atoms with E-state index in [1.807, 2.05) is 41.9 Å². The van der Waals surface area contributed by atoms with Crippen LogP contribution in [0.15, 0.2) is 48.8 Å². The molecule has 0 aliphatic carbocycles. The topological polar surface area (TPSA) is 17.8 Å². The van der Waals surface area contributed by atoms with Crippen LogP contribution in [-0.2, 0) is 7.05 Å². The summed E-state index contributed by atoms with van der Waals surface area (Å²) in [7, 11) is 2.00. The van der Waals surface area contributed by atoms with Gasteiger partial charge < -0.3 is 4.57 Å². The van der Waals surface area contributed by atoms with Crippen molar-refractivity contribution in [2.45, 2.75) is 0 Å². The van der Waals surface area contributed by atoms with Gasteiger partial charge in [0.25, 0.3) is 0 Å². The van der Waals surface area contributed by atoms with E-state index in [-0.39, 0.29) is 0 Å². The predicted octanol–water partition coefficient (Wildman–Crippen LogP) is 3.89. The highest BCUT2D eigenvalue weighted by atomic mass is 35.5. The quantitative estimate of drug-likeness (QED) is 0.633. The van der Waals surface area contributed by atoms with Gasteiger partial charge in [-0.1, -0.05) is 29.8 Å².